The van der Waals surface area contributed by atoms with Crippen molar-refractivity contribution in [3.8, 4) is 0 Å². The summed E-state index contributed by atoms with van der Waals surface area (Å²) >= 11 is 0. The molecule has 89 valence electrons. The van der Waals surface area contributed by atoms with Crippen LogP contribution < -0.4 is 5.32 Å². The van der Waals surface area contributed by atoms with E-state index in [0.29, 0.717) is 0 Å². The van der Waals surface area contributed by atoms with Gasteiger partial charge in [0.05, 0.1) is 10.6 Å². The quantitative estimate of drug-likeness (QED) is 0.665. The van der Waals surface area contributed by atoms with Gasteiger partial charge in [-0.2, -0.15) is 0 Å². The third-order valence-corrected chi connectivity index (χ3v) is 3.78. The molecule has 2 unspecified atom stereocenters. The Balaban J connectivity index is 3.24. The maximum Gasteiger partial charge on any atom is 0.206 e. The summed E-state index contributed by atoms with van der Waals surface area (Å²) in [6, 6.07) is 7.04. The monoisotopic (exact) mass is 244 g/mol. The van der Waals surface area contributed by atoms with Crippen LogP contribution in [0, 0.1) is 6.07 Å². The zero-order valence-corrected chi connectivity index (χ0v) is 9.82. The molecule has 0 aromatic heterocycles. The predicted octanol–water partition coefficient (Wildman–Crippen LogP) is 0.349. The predicted molar refractivity (Wildman–Crippen MR) is 59.4 cm³/mol. The van der Waals surface area contributed by atoms with E-state index in [-0.39, 0.29) is 10.6 Å². The molecule has 3 N–H and O–H groups in total. The van der Waals surface area contributed by atoms with Gasteiger partial charge in [-0.1, -0.05) is 12.1 Å². The highest BCUT2D eigenvalue weighted by Gasteiger charge is 2.24. The summed E-state index contributed by atoms with van der Waals surface area (Å²) in [5.74, 6) is 0. The highest BCUT2D eigenvalue weighted by atomic mass is 32.2. The molecule has 0 amide bonds. The third kappa shape index (κ3) is 2.72. The first-order valence-electron chi connectivity index (χ1n) is 4.73. The highest BCUT2D eigenvalue weighted by Crippen LogP contribution is 2.23. The van der Waals surface area contributed by atoms with E-state index in [0.717, 1.165) is 0 Å². The number of nitrogens with one attached hydrogen (secondary N) is 1. The number of anilines is 1. The number of para-hydroxylation sites is 1. The van der Waals surface area contributed by atoms with E-state index in [4.69, 9.17) is 5.11 Å². The molecule has 0 aliphatic carbocycles. The summed E-state index contributed by atoms with van der Waals surface area (Å²) in [5.41, 5.74) is -1.35. The van der Waals surface area contributed by atoms with Crippen molar-refractivity contribution >= 4 is 15.5 Å². The Morgan fingerprint density at radius 3 is 2.50 bits per heavy atom. The number of benzene rings is 1. The van der Waals surface area contributed by atoms with Crippen molar-refractivity contribution in [3.05, 3.63) is 24.3 Å². The van der Waals surface area contributed by atoms with Crippen LogP contribution in [0.25, 0.3) is 0 Å². The Morgan fingerprint density at radius 2 is 2.00 bits per heavy atom. The zero-order valence-electron chi connectivity index (χ0n) is 9.01. The van der Waals surface area contributed by atoms with Crippen molar-refractivity contribution in [1.29, 1.82) is 0 Å². The van der Waals surface area contributed by atoms with Gasteiger partial charge >= 0.3 is 0 Å². The van der Waals surface area contributed by atoms with Crippen LogP contribution in [0.2, 0.25) is 0 Å². The number of hydrogen-bond donors (Lipinski definition) is 3. The summed E-state index contributed by atoms with van der Waals surface area (Å²) in [6.07, 6.45) is -0.901. The molecule has 0 aliphatic rings. The number of aliphatic hydroxyl groups excluding tert-OH is 2. The topological polar surface area (TPSA) is 86.6 Å². The van der Waals surface area contributed by atoms with E-state index < -0.39 is 21.5 Å². The van der Waals surface area contributed by atoms with Crippen LogP contribution in [0.15, 0.2) is 23.1 Å². The maximum atomic E-state index is 11.7. The molecule has 16 heavy (non-hydrogen) atoms. The van der Waals surface area contributed by atoms with E-state index >= 15 is 0 Å². The van der Waals surface area contributed by atoms with E-state index in [1.54, 1.807) is 0 Å². The second-order valence-corrected chi connectivity index (χ2v) is 5.59. The lowest BCUT2D eigenvalue weighted by atomic mass is 10.3. The van der Waals surface area contributed by atoms with Crippen LogP contribution in [-0.4, -0.2) is 30.3 Å². The van der Waals surface area contributed by atoms with Gasteiger partial charge in [-0.15, -0.1) is 0 Å². The SMILES string of the molecule is CC(O)Nc1[c]cccc1S(=O)(=O)C(C)O. The molecule has 0 saturated heterocycles. The largest absolute Gasteiger partial charge is 0.377 e. The first-order chi connectivity index (χ1) is 7.35. The lowest BCUT2D eigenvalue weighted by Gasteiger charge is -2.14. The molecule has 1 radical (unpaired) electrons. The Hall–Kier alpha value is -1.11. The van der Waals surface area contributed by atoms with Gasteiger partial charge in [0.1, 0.15) is 6.23 Å². The molecule has 1 aromatic carbocycles. The van der Waals surface area contributed by atoms with Crippen LogP contribution >= 0.6 is 0 Å². The number of rotatable bonds is 4. The van der Waals surface area contributed by atoms with E-state index in [1.807, 2.05) is 0 Å². The molecule has 0 spiro atoms. The molecule has 0 heterocycles. The normalized spacial score (nSPS) is 15.5. The van der Waals surface area contributed by atoms with Crippen LogP contribution in [0.5, 0.6) is 0 Å². The average molecular weight is 244 g/mol. The maximum absolute atomic E-state index is 11.7. The Kier molecular flexibility index (Phi) is 3.90. The Bertz CT molecular complexity index is 454. The van der Waals surface area contributed by atoms with E-state index in [1.165, 1.54) is 32.0 Å². The van der Waals surface area contributed by atoms with Crippen LogP contribution in [0.3, 0.4) is 0 Å². The van der Waals surface area contributed by atoms with Crippen LogP contribution in [0.1, 0.15) is 13.8 Å². The summed E-state index contributed by atoms with van der Waals surface area (Å²) in [5, 5.41) is 20.9. The lowest BCUT2D eigenvalue weighted by molar-refractivity contribution is 0.224. The van der Waals surface area contributed by atoms with Gasteiger partial charge in [0.25, 0.3) is 0 Å². The molecule has 6 heteroatoms. The molecule has 0 fully saturated rings. The van der Waals surface area contributed by atoms with Crippen molar-refractivity contribution in [1.82, 2.24) is 0 Å². The highest BCUT2D eigenvalue weighted by molar-refractivity contribution is 7.92. The molecule has 1 aromatic rings. The molecule has 5 nitrogen and oxygen atoms in total. The zero-order chi connectivity index (χ0) is 12.3. The minimum Gasteiger partial charge on any atom is -0.377 e. The van der Waals surface area contributed by atoms with Crippen molar-refractivity contribution < 1.29 is 18.6 Å². The first kappa shape index (κ1) is 13.0. The first-order valence-corrected chi connectivity index (χ1v) is 6.27. The number of aliphatic hydroxyl groups is 2. The molecular formula is C10H14NO4S. The lowest BCUT2D eigenvalue weighted by Crippen LogP contribution is -2.21. The van der Waals surface area contributed by atoms with E-state index in [9.17, 15) is 13.5 Å². The van der Waals surface area contributed by atoms with Gasteiger partial charge in [-0.05, 0) is 19.9 Å². The molecule has 0 saturated carbocycles. The fourth-order valence-electron chi connectivity index (χ4n) is 1.16. The van der Waals surface area contributed by atoms with Gasteiger partial charge in [0.15, 0.2) is 5.44 Å². The van der Waals surface area contributed by atoms with Crippen molar-refractivity contribution in [2.24, 2.45) is 0 Å². The summed E-state index contributed by atoms with van der Waals surface area (Å²) < 4.78 is 23.5. The van der Waals surface area contributed by atoms with Gasteiger partial charge < -0.3 is 15.5 Å². The fourth-order valence-corrected chi connectivity index (χ4v) is 2.20. The van der Waals surface area contributed by atoms with Crippen molar-refractivity contribution in [2.75, 3.05) is 5.32 Å². The Labute approximate surface area is 94.7 Å². The molecular weight excluding hydrogens is 230 g/mol. The second kappa shape index (κ2) is 4.82. The molecule has 2 atom stereocenters. The van der Waals surface area contributed by atoms with Crippen molar-refractivity contribution in [2.45, 2.75) is 30.4 Å². The van der Waals surface area contributed by atoms with Gasteiger partial charge in [-0.25, -0.2) is 8.42 Å². The minimum absolute atomic E-state index is 0.0779. The summed E-state index contributed by atoms with van der Waals surface area (Å²) in [4.78, 5) is -0.0779. The second-order valence-electron chi connectivity index (χ2n) is 3.37. The molecule has 0 aliphatic heterocycles. The number of sulfone groups is 1. The minimum atomic E-state index is -3.80. The van der Waals surface area contributed by atoms with Crippen LogP contribution in [-0.2, 0) is 9.84 Å². The number of hydrogen-bond acceptors (Lipinski definition) is 5. The molecule has 0 bridgehead atoms. The standard InChI is InChI=1S/C10H14NO4S/c1-7(12)11-9-5-3-4-6-10(9)16(14,15)8(2)13/h3-4,6-8,11-13H,1-2H3. The smallest absolute Gasteiger partial charge is 0.206 e. The molecule has 1 rings (SSSR count). The summed E-state index contributed by atoms with van der Waals surface area (Å²) in [6.45, 7) is 2.63. The van der Waals surface area contributed by atoms with Gasteiger partial charge in [0.2, 0.25) is 9.84 Å². The fraction of sp³-hybridized carbons (Fsp3) is 0.400. The van der Waals surface area contributed by atoms with Gasteiger partial charge in [-0.3, -0.25) is 0 Å². The van der Waals surface area contributed by atoms with E-state index in [2.05, 4.69) is 11.4 Å². The third-order valence-electron chi connectivity index (χ3n) is 1.93. The Morgan fingerprint density at radius 1 is 1.38 bits per heavy atom. The van der Waals surface area contributed by atoms with Crippen LogP contribution in [0.4, 0.5) is 5.69 Å². The van der Waals surface area contributed by atoms with Gasteiger partial charge in [0, 0.05) is 6.07 Å². The summed E-state index contributed by atoms with van der Waals surface area (Å²) in [7, 11) is -3.80. The average Bonchev–Trinajstić information content (AvgIpc) is 2.17. The van der Waals surface area contributed by atoms with Crippen molar-refractivity contribution in [3.63, 3.8) is 0 Å².